The fraction of sp³-hybridized carbons (Fsp3) is 0.562. The average molecular weight is 275 g/mol. The van der Waals surface area contributed by atoms with Gasteiger partial charge in [-0.1, -0.05) is 19.1 Å². The van der Waals surface area contributed by atoms with Crippen LogP contribution in [0.15, 0.2) is 29.3 Å². The Morgan fingerprint density at radius 3 is 2.60 bits per heavy atom. The lowest BCUT2D eigenvalue weighted by Gasteiger charge is -2.18. The van der Waals surface area contributed by atoms with Crippen molar-refractivity contribution in [1.82, 2.24) is 4.90 Å². The van der Waals surface area contributed by atoms with Gasteiger partial charge in [-0.2, -0.15) is 0 Å². The van der Waals surface area contributed by atoms with Crippen molar-refractivity contribution in [1.29, 1.82) is 0 Å². The number of aliphatic imine (C=N–C) groups is 1. The van der Waals surface area contributed by atoms with Crippen LogP contribution in [0.4, 0.5) is 0 Å². The fourth-order valence-corrected chi connectivity index (χ4v) is 2.24. The minimum absolute atomic E-state index is 0.481. The monoisotopic (exact) mass is 275 g/mol. The van der Waals surface area contributed by atoms with Crippen LogP contribution in [-0.4, -0.2) is 37.6 Å². The first-order chi connectivity index (χ1) is 9.60. The number of nitrogens with two attached hydrogens (primary N) is 1. The summed E-state index contributed by atoms with van der Waals surface area (Å²) in [6, 6.07) is 8.84. The van der Waals surface area contributed by atoms with Crippen molar-refractivity contribution in [2.24, 2.45) is 16.6 Å². The first-order valence-electron chi connectivity index (χ1n) is 7.26. The van der Waals surface area contributed by atoms with Gasteiger partial charge in [0.15, 0.2) is 5.96 Å². The number of guanidine groups is 1. The first-order valence-corrected chi connectivity index (χ1v) is 7.26. The van der Waals surface area contributed by atoms with Gasteiger partial charge in [0.05, 0.1) is 7.11 Å². The maximum atomic E-state index is 6.00. The molecule has 0 amide bonds. The highest BCUT2D eigenvalue weighted by Gasteiger charge is 2.27. The zero-order valence-electron chi connectivity index (χ0n) is 12.7. The Labute approximate surface area is 121 Å². The summed E-state index contributed by atoms with van der Waals surface area (Å²) in [6.45, 7) is 2.98. The molecule has 1 saturated carbocycles. The summed E-state index contributed by atoms with van der Waals surface area (Å²) in [4.78, 5) is 6.61. The number of nitrogens with zero attached hydrogens (tertiary/aromatic N) is 2. The summed E-state index contributed by atoms with van der Waals surface area (Å²) < 4.78 is 5.16. The van der Waals surface area contributed by atoms with Crippen molar-refractivity contribution in [3.8, 4) is 5.75 Å². The van der Waals surface area contributed by atoms with E-state index in [9.17, 15) is 0 Å². The highest BCUT2D eigenvalue weighted by molar-refractivity contribution is 5.78. The van der Waals surface area contributed by atoms with E-state index in [0.717, 1.165) is 18.7 Å². The van der Waals surface area contributed by atoms with Crippen LogP contribution in [0.3, 0.4) is 0 Å². The fourth-order valence-electron chi connectivity index (χ4n) is 2.24. The van der Waals surface area contributed by atoms with Gasteiger partial charge in [0.2, 0.25) is 0 Å². The van der Waals surface area contributed by atoms with Crippen molar-refractivity contribution >= 4 is 5.96 Å². The Morgan fingerprint density at radius 2 is 2.05 bits per heavy atom. The lowest BCUT2D eigenvalue weighted by atomic mass is 10.0. The number of methoxy groups -OCH3 is 1. The van der Waals surface area contributed by atoms with Crippen LogP contribution in [0.25, 0.3) is 0 Å². The van der Waals surface area contributed by atoms with Gasteiger partial charge >= 0.3 is 0 Å². The van der Waals surface area contributed by atoms with Gasteiger partial charge in [-0.25, -0.2) is 0 Å². The lowest BCUT2D eigenvalue weighted by molar-refractivity contribution is 0.414. The topological polar surface area (TPSA) is 50.9 Å². The van der Waals surface area contributed by atoms with E-state index in [4.69, 9.17) is 10.5 Å². The van der Waals surface area contributed by atoms with Gasteiger partial charge in [0.25, 0.3) is 0 Å². The van der Waals surface area contributed by atoms with E-state index in [1.165, 1.54) is 18.4 Å². The average Bonchev–Trinajstić information content (AvgIpc) is 3.29. The first kappa shape index (κ1) is 14.7. The predicted octanol–water partition coefficient (Wildman–Crippen LogP) is 2.28. The Morgan fingerprint density at radius 1 is 1.40 bits per heavy atom. The maximum absolute atomic E-state index is 6.00. The van der Waals surface area contributed by atoms with Crippen LogP contribution >= 0.6 is 0 Å². The van der Waals surface area contributed by atoms with Gasteiger partial charge < -0.3 is 15.4 Å². The minimum Gasteiger partial charge on any atom is -0.497 e. The molecule has 1 aromatic carbocycles. The van der Waals surface area contributed by atoms with Crippen LogP contribution in [0.5, 0.6) is 5.75 Å². The molecule has 1 atom stereocenters. The molecule has 0 aromatic heterocycles. The molecular formula is C16H25N3O. The summed E-state index contributed by atoms with van der Waals surface area (Å²) in [5.41, 5.74) is 7.31. The molecule has 0 radical (unpaired) electrons. The summed E-state index contributed by atoms with van der Waals surface area (Å²) in [5.74, 6) is 2.05. The number of hydrogen-bond donors (Lipinski definition) is 1. The molecule has 110 valence electrons. The van der Waals surface area contributed by atoms with E-state index in [1.807, 2.05) is 19.2 Å². The summed E-state index contributed by atoms with van der Waals surface area (Å²) in [7, 11) is 3.72. The molecule has 2 rings (SSSR count). The zero-order valence-corrected chi connectivity index (χ0v) is 12.7. The summed E-state index contributed by atoms with van der Waals surface area (Å²) >= 11 is 0. The van der Waals surface area contributed by atoms with Gasteiger partial charge in [0.1, 0.15) is 5.75 Å². The van der Waals surface area contributed by atoms with Crippen LogP contribution < -0.4 is 10.5 Å². The molecule has 0 heterocycles. The number of benzene rings is 1. The number of rotatable bonds is 6. The van der Waals surface area contributed by atoms with E-state index in [-0.39, 0.29) is 0 Å². The molecule has 2 N–H and O–H groups in total. The van der Waals surface area contributed by atoms with E-state index in [0.29, 0.717) is 17.9 Å². The SMILES string of the molecule is COc1ccc(CC(C)CN=C(N)N(C)C2CC2)cc1. The van der Waals surface area contributed by atoms with Crippen LogP contribution in [0.1, 0.15) is 25.3 Å². The Kier molecular flexibility index (Phi) is 4.88. The molecule has 1 aliphatic rings. The molecule has 20 heavy (non-hydrogen) atoms. The van der Waals surface area contributed by atoms with Crippen molar-refractivity contribution in [3.63, 3.8) is 0 Å². The molecule has 4 nitrogen and oxygen atoms in total. The second kappa shape index (κ2) is 6.64. The molecular weight excluding hydrogens is 250 g/mol. The van der Waals surface area contributed by atoms with Gasteiger partial charge in [0, 0.05) is 19.6 Å². The highest BCUT2D eigenvalue weighted by atomic mass is 16.5. The summed E-state index contributed by atoms with van der Waals surface area (Å²) in [5, 5.41) is 0. The Bertz CT molecular complexity index is 451. The lowest BCUT2D eigenvalue weighted by Crippen LogP contribution is -2.36. The van der Waals surface area contributed by atoms with Crippen LogP contribution in [0.2, 0.25) is 0 Å². The van der Waals surface area contributed by atoms with E-state index in [2.05, 4.69) is 28.9 Å². The largest absolute Gasteiger partial charge is 0.497 e. The molecule has 1 aromatic rings. The van der Waals surface area contributed by atoms with Gasteiger partial charge in [-0.05, 0) is 42.9 Å². The summed E-state index contributed by atoms with van der Waals surface area (Å²) in [6.07, 6.45) is 3.50. The standard InChI is InChI=1S/C16H25N3O/c1-12(10-13-4-8-15(20-3)9-5-13)11-18-16(17)19(2)14-6-7-14/h4-5,8-9,12,14H,6-7,10-11H2,1-3H3,(H2,17,18). The van der Waals surface area contributed by atoms with E-state index >= 15 is 0 Å². The second-order valence-corrected chi connectivity index (χ2v) is 5.70. The molecule has 1 aliphatic carbocycles. The van der Waals surface area contributed by atoms with Gasteiger partial charge in [-0.3, -0.25) is 4.99 Å². The van der Waals surface area contributed by atoms with Crippen molar-refractivity contribution in [2.75, 3.05) is 20.7 Å². The molecule has 0 bridgehead atoms. The molecule has 1 fully saturated rings. The molecule has 0 aliphatic heterocycles. The maximum Gasteiger partial charge on any atom is 0.191 e. The number of hydrogen-bond acceptors (Lipinski definition) is 2. The third kappa shape index (κ3) is 4.15. The third-order valence-electron chi connectivity index (χ3n) is 3.76. The van der Waals surface area contributed by atoms with Crippen LogP contribution in [0, 0.1) is 5.92 Å². The Balaban J connectivity index is 1.81. The molecule has 1 unspecified atom stereocenters. The minimum atomic E-state index is 0.481. The Hall–Kier alpha value is -1.71. The normalized spacial score (nSPS) is 16.9. The molecule has 0 saturated heterocycles. The van der Waals surface area contributed by atoms with E-state index < -0.39 is 0 Å². The molecule has 4 heteroatoms. The van der Waals surface area contributed by atoms with Crippen molar-refractivity contribution in [2.45, 2.75) is 32.2 Å². The highest BCUT2D eigenvalue weighted by Crippen LogP contribution is 2.25. The van der Waals surface area contributed by atoms with Crippen molar-refractivity contribution in [3.05, 3.63) is 29.8 Å². The quantitative estimate of drug-likeness (QED) is 0.640. The van der Waals surface area contributed by atoms with Crippen molar-refractivity contribution < 1.29 is 4.74 Å². The second-order valence-electron chi connectivity index (χ2n) is 5.70. The number of ether oxygens (including phenoxy) is 1. The zero-order chi connectivity index (χ0) is 14.5. The predicted molar refractivity (Wildman–Crippen MR) is 83.1 cm³/mol. The van der Waals surface area contributed by atoms with Gasteiger partial charge in [-0.15, -0.1) is 0 Å². The third-order valence-corrected chi connectivity index (χ3v) is 3.76. The van der Waals surface area contributed by atoms with Crippen LogP contribution in [-0.2, 0) is 6.42 Å². The van der Waals surface area contributed by atoms with E-state index in [1.54, 1.807) is 7.11 Å². The smallest absolute Gasteiger partial charge is 0.191 e. The molecule has 0 spiro atoms.